The normalized spacial score (nSPS) is 17.6. The van der Waals surface area contributed by atoms with Gasteiger partial charge in [-0.25, -0.2) is 0 Å². The number of hydrogen-bond donors (Lipinski definition) is 3. The van der Waals surface area contributed by atoms with Gasteiger partial charge in [-0.1, -0.05) is 49.0 Å². The molecule has 0 spiro atoms. The summed E-state index contributed by atoms with van der Waals surface area (Å²) >= 11 is 1.41. The van der Waals surface area contributed by atoms with E-state index < -0.39 is 5.97 Å². The molecule has 0 bridgehead atoms. The van der Waals surface area contributed by atoms with Crippen molar-refractivity contribution >= 4 is 46.3 Å². The number of nitrogens with zero attached hydrogens (tertiary/aromatic N) is 1. The molecule has 0 saturated carbocycles. The second-order valence-electron chi connectivity index (χ2n) is 6.80. The van der Waals surface area contributed by atoms with Gasteiger partial charge in [-0.3, -0.25) is 9.59 Å². The van der Waals surface area contributed by atoms with E-state index in [1.165, 1.54) is 17.3 Å². The van der Waals surface area contributed by atoms with Crippen molar-refractivity contribution in [3.8, 4) is 0 Å². The lowest BCUT2D eigenvalue weighted by molar-refractivity contribution is -0.137. The van der Waals surface area contributed by atoms with Crippen LogP contribution in [0.3, 0.4) is 0 Å². The maximum Gasteiger partial charge on any atom is 0.323 e. The van der Waals surface area contributed by atoms with Gasteiger partial charge in [0.15, 0.2) is 5.50 Å². The zero-order chi connectivity index (χ0) is 20.4. The Labute approximate surface area is 172 Å². The van der Waals surface area contributed by atoms with Crippen LogP contribution < -0.4 is 10.6 Å². The Morgan fingerprint density at radius 1 is 1.24 bits per heavy atom. The molecule has 1 aromatic heterocycles. The molecule has 2 aromatic carbocycles. The number of carbonyl (C=O) groups is 2. The number of aliphatic carboxylic acids is 1. The number of carboxylic acid groups (broad SMARTS) is 1. The minimum atomic E-state index is -0.906. The van der Waals surface area contributed by atoms with Crippen LogP contribution in [0.25, 0.3) is 17.0 Å². The average molecular weight is 407 g/mol. The molecule has 1 aliphatic heterocycles. The van der Waals surface area contributed by atoms with Crippen molar-refractivity contribution in [1.29, 1.82) is 0 Å². The molecule has 1 amide bonds. The van der Waals surface area contributed by atoms with E-state index in [1.807, 2.05) is 42.5 Å². The third-order valence-electron chi connectivity index (χ3n) is 4.80. The summed E-state index contributed by atoms with van der Waals surface area (Å²) in [5.74, 6) is -1.05. The molecular formula is C22H21N3O3S. The lowest BCUT2D eigenvalue weighted by Crippen LogP contribution is -2.30. The molecule has 1 saturated heterocycles. The van der Waals surface area contributed by atoms with Crippen molar-refractivity contribution in [3.05, 3.63) is 70.8 Å². The number of rotatable bonds is 6. The molecule has 6 nitrogen and oxygen atoms in total. The highest BCUT2D eigenvalue weighted by Gasteiger charge is 2.27. The summed E-state index contributed by atoms with van der Waals surface area (Å²) in [5.41, 5.74) is 3.60. The molecule has 7 heteroatoms. The number of hydrogen-bond acceptors (Lipinski definition) is 4. The summed E-state index contributed by atoms with van der Waals surface area (Å²) in [6.07, 6.45) is 4.59. The summed E-state index contributed by atoms with van der Waals surface area (Å²) in [6, 6.07) is 15.7. The van der Waals surface area contributed by atoms with Crippen LogP contribution >= 0.6 is 11.8 Å². The maximum atomic E-state index is 12.5. The Balaban J connectivity index is 1.57. The molecule has 3 N–H and O–H groups in total. The topological polar surface area (TPSA) is 83.4 Å². The number of aryl methyl sites for hydroxylation is 1. The number of anilines is 1. The van der Waals surface area contributed by atoms with E-state index in [-0.39, 0.29) is 17.9 Å². The lowest BCUT2D eigenvalue weighted by Gasteiger charge is -2.12. The molecule has 2 heterocycles. The van der Waals surface area contributed by atoms with Crippen LogP contribution in [0.5, 0.6) is 0 Å². The Kier molecular flexibility index (Phi) is 5.31. The van der Waals surface area contributed by atoms with Crippen LogP contribution in [-0.2, 0) is 22.6 Å². The molecule has 4 rings (SSSR count). The highest BCUT2D eigenvalue weighted by Crippen LogP contribution is 2.32. The van der Waals surface area contributed by atoms with Gasteiger partial charge in [-0.15, -0.1) is 0 Å². The molecule has 148 valence electrons. The standard InChI is InChI=1S/C22H21N3O3S/c1-2-14-7-9-16(10-8-14)23-22-24-21(28)19(29-22)11-15-12-25(13-20(26)27)18-6-4-3-5-17(15)18/h3-12,22-23H,2,13H2,1H3,(H,24,28)(H,26,27)/b19-11-. The fourth-order valence-corrected chi connectivity index (χ4v) is 4.34. The fourth-order valence-electron chi connectivity index (χ4n) is 3.36. The summed E-state index contributed by atoms with van der Waals surface area (Å²) in [6.45, 7) is 1.99. The monoisotopic (exact) mass is 407 g/mol. The van der Waals surface area contributed by atoms with E-state index in [0.29, 0.717) is 4.91 Å². The number of carbonyl (C=O) groups excluding carboxylic acids is 1. The van der Waals surface area contributed by atoms with Gasteiger partial charge in [0.1, 0.15) is 6.54 Å². The van der Waals surface area contributed by atoms with Gasteiger partial charge < -0.3 is 20.3 Å². The van der Waals surface area contributed by atoms with E-state index in [0.717, 1.165) is 28.6 Å². The first kappa shape index (κ1) is 19.1. The first-order chi connectivity index (χ1) is 14.0. The van der Waals surface area contributed by atoms with Gasteiger partial charge in [-0.05, 0) is 36.3 Å². The van der Waals surface area contributed by atoms with E-state index >= 15 is 0 Å². The Morgan fingerprint density at radius 2 is 2.00 bits per heavy atom. The van der Waals surface area contributed by atoms with Crippen molar-refractivity contribution in [2.75, 3.05) is 5.32 Å². The highest BCUT2D eigenvalue weighted by molar-refractivity contribution is 8.05. The number of carboxylic acids is 1. The number of aromatic nitrogens is 1. The van der Waals surface area contributed by atoms with Crippen LogP contribution in [0.1, 0.15) is 18.1 Å². The highest BCUT2D eigenvalue weighted by atomic mass is 32.2. The van der Waals surface area contributed by atoms with Gasteiger partial charge in [0.05, 0.1) is 4.91 Å². The number of amides is 1. The number of para-hydroxylation sites is 1. The molecule has 29 heavy (non-hydrogen) atoms. The largest absolute Gasteiger partial charge is 0.480 e. The van der Waals surface area contributed by atoms with Crippen LogP contribution in [0.2, 0.25) is 0 Å². The van der Waals surface area contributed by atoms with E-state index in [9.17, 15) is 9.59 Å². The van der Waals surface area contributed by atoms with E-state index in [1.54, 1.807) is 10.8 Å². The maximum absolute atomic E-state index is 12.5. The molecule has 3 aromatic rings. The van der Waals surface area contributed by atoms with Crippen molar-refractivity contribution < 1.29 is 14.7 Å². The zero-order valence-corrected chi connectivity index (χ0v) is 16.7. The van der Waals surface area contributed by atoms with Crippen molar-refractivity contribution in [3.63, 3.8) is 0 Å². The van der Waals surface area contributed by atoms with Crippen LogP contribution in [0.4, 0.5) is 5.69 Å². The molecular weight excluding hydrogens is 386 g/mol. The summed E-state index contributed by atoms with van der Waals surface area (Å²) in [7, 11) is 0. The SMILES string of the molecule is CCc1ccc(NC2NC(=O)/C(=C/c3cn(CC(=O)O)c4ccccc34)S2)cc1. The third-order valence-corrected chi connectivity index (χ3v) is 5.83. The number of fused-ring (bicyclic) bond motifs is 1. The molecule has 1 atom stereocenters. The zero-order valence-electron chi connectivity index (χ0n) is 15.9. The summed E-state index contributed by atoms with van der Waals surface area (Å²) in [5, 5.41) is 16.3. The number of thioether (sulfide) groups is 1. The third kappa shape index (κ3) is 4.14. The van der Waals surface area contributed by atoms with Crippen molar-refractivity contribution in [2.24, 2.45) is 0 Å². The van der Waals surface area contributed by atoms with Gasteiger partial charge in [0, 0.05) is 28.4 Å². The average Bonchev–Trinajstić information content (AvgIpc) is 3.22. The molecule has 0 radical (unpaired) electrons. The van der Waals surface area contributed by atoms with E-state index in [2.05, 4.69) is 29.7 Å². The summed E-state index contributed by atoms with van der Waals surface area (Å²) in [4.78, 5) is 24.2. The quantitative estimate of drug-likeness (QED) is 0.540. The predicted octanol–water partition coefficient (Wildman–Crippen LogP) is 3.89. The minimum Gasteiger partial charge on any atom is -0.480 e. The first-order valence-corrected chi connectivity index (χ1v) is 10.3. The van der Waals surface area contributed by atoms with Gasteiger partial charge in [-0.2, -0.15) is 0 Å². The van der Waals surface area contributed by atoms with Crippen LogP contribution in [0.15, 0.2) is 59.6 Å². The minimum absolute atomic E-state index is 0.124. The van der Waals surface area contributed by atoms with Gasteiger partial charge in [0.2, 0.25) is 0 Å². The lowest BCUT2D eigenvalue weighted by atomic mass is 10.1. The summed E-state index contributed by atoms with van der Waals surface area (Å²) < 4.78 is 1.69. The molecule has 1 unspecified atom stereocenters. The second kappa shape index (κ2) is 8.05. The number of benzene rings is 2. The van der Waals surface area contributed by atoms with Gasteiger partial charge in [0.25, 0.3) is 5.91 Å². The molecule has 0 aliphatic carbocycles. The Hall–Kier alpha value is -3.19. The number of nitrogens with one attached hydrogen (secondary N) is 2. The van der Waals surface area contributed by atoms with E-state index in [4.69, 9.17) is 5.11 Å². The van der Waals surface area contributed by atoms with Gasteiger partial charge >= 0.3 is 5.97 Å². The van der Waals surface area contributed by atoms with Crippen molar-refractivity contribution in [1.82, 2.24) is 9.88 Å². The first-order valence-electron chi connectivity index (χ1n) is 9.38. The second-order valence-corrected chi connectivity index (χ2v) is 7.94. The fraction of sp³-hybridized carbons (Fsp3) is 0.182. The molecule has 1 fully saturated rings. The predicted molar refractivity (Wildman–Crippen MR) is 117 cm³/mol. The molecule has 1 aliphatic rings. The smallest absolute Gasteiger partial charge is 0.323 e. The van der Waals surface area contributed by atoms with Crippen LogP contribution in [-0.4, -0.2) is 27.0 Å². The Morgan fingerprint density at radius 3 is 2.72 bits per heavy atom. The van der Waals surface area contributed by atoms with Crippen molar-refractivity contribution in [2.45, 2.75) is 25.4 Å². The Bertz CT molecular complexity index is 1100. The van der Waals surface area contributed by atoms with Crippen LogP contribution in [0, 0.1) is 0 Å².